The number of nitrogens with zero attached hydrogens (tertiary/aromatic N) is 5. The fourth-order valence-corrected chi connectivity index (χ4v) is 5.67. The second-order valence-electron chi connectivity index (χ2n) is 10.8. The summed E-state index contributed by atoms with van der Waals surface area (Å²) in [5.41, 5.74) is 2.65. The molecule has 1 aliphatic heterocycles. The minimum atomic E-state index is -1.66. The number of hydrogen-bond acceptors (Lipinski definition) is 9. The Morgan fingerprint density at radius 2 is 1.72 bits per heavy atom. The van der Waals surface area contributed by atoms with Gasteiger partial charge in [-0.25, -0.2) is 4.98 Å². The predicted octanol–water partition coefficient (Wildman–Crippen LogP) is 3.54. The maximum absolute atomic E-state index is 13.6. The first kappa shape index (κ1) is 31.7. The van der Waals surface area contributed by atoms with Crippen LogP contribution in [0, 0.1) is 0 Å². The quantitative estimate of drug-likeness (QED) is 0.170. The smallest absolute Gasteiger partial charge is 0.274 e. The van der Waals surface area contributed by atoms with Gasteiger partial charge in [0.05, 0.1) is 18.7 Å². The Labute approximate surface area is 277 Å². The Bertz CT molecular complexity index is 1860. The Morgan fingerprint density at radius 1 is 0.979 bits per heavy atom. The molecule has 0 spiro atoms. The van der Waals surface area contributed by atoms with Crippen LogP contribution in [0.3, 0.4) is 0 Å². The van der Waals surface area contributed by atoms with E-state index in [1.165, 1.54) is 12.1 Å². The van der Waals surface area contributed by atoms with Gasteiger partial charge < -0.3 is 25.4 Å². The van der Waals surface area contributed by atoms with Crippen molar-refractivity contribution in [2.45, 2.75) is 24.6 Å². The molecule has 2 aromatic heterocycles. The van der Waals surface area contributed by atoms with E-state index in [0.29, 0.717) is 28.2 Å². The molecule has 0 unspecified atom stereocenters. The standard InChI is InChI=1S/C33H29BrN8O5/c34-23-16-26(36-27(17-23)33(46)42-19-47-18-28(42)21-10-5-2-6-11-21)31(44)37-25(14-20-8-3-1-4-9-20)29(43)32(45)35-24-13-7-12-22(15-24)30-38-40-41-39-30/h1-13,15-17,25,28-29,43H,14,18-19H2,(H,35,45)(H,37,44)(H,38,39,40,41)/t25-,28+,29-/m0/s1. The van der Waals surface area contributed by atoms with Crippen molar-refractivity contribution in [2.75, 3.05) is 18.7 Å². The third-order valence-electron chi connectivity index (χ3n) is 7.57. The lowest BCUT2D eigenvalue weighted by molar-refractivity contribution is -0.125. The van der Waals surface area contributed by atoms with Gasteiger partial charge in [0, 0.05) is 15.7 Å². The van der Waals surface area contributed by atoms with Crippen molar-refractivity contribution >= 4 is 39.3 Å². The monoisotopic (exact) mass is 696 g/mol. The summed E-state index contributed by atoms with van der Waals surface area (Å²) in [7, 11) is 0. The van der Waals surface area contributed by atoms with Crippen LogP contribution in [0.1, 0.15) is 38.1 Å². The Kier molecular flexibility index (Phi) is 9.71. The molecule has 5 aromatic rings. The number of anilines is 1. The van der Waals surface area contributed by atoms with E-state index >= 15 is 0 Å². The molecule has 3 atom stereocenters. The molecule has 3 heterocycles. The van der Waals surface area contributed by atoms with Crippen LogP contribution in [0.4, 0.5) is 5.69 Å². The van der Waals surface area contributed by atoms with Crippen molar-refractivity contribution in [1.82, 2.24) is 35.8 Å². The van der Waals surface area contributed by atoms with E-state index in [1.54, 1.807) is 29.2 Å². The van der Waals surface area contributed by atoms with E-state index in [0.717, 1.165) is 11.1 Å². The highest BCUT2D eigenvalue weighted by atomic mass is 79.9. The molecule has 1 saturated heterocycles. The maximum atomic E-state index is 13.6. The number of ether oxygens (including phenoxy) is 1. The molecule has 1 fully saturated rings. The van der Waals surface area contributed by atoms with Gasteiger partial charge in [-0.1, -0.05) is 88.7 Å². The number of carbonyl (C=O) groups is 3. The van der Waals surface area contributed by atoms with Gasteiger partial charge in [0.15, 0.2) is 6.10 Å². The average Bonchev–Trinajstić information content (AvgIpc) is 3.82. The van der Waals surface area contributed by atoms with Crippen molar-refractivity contribution in [1.29, 1.82) is 0 Å². The molecule has 14 heteroatoms. The van der Waals surface area contributed by atoms with Crippen molar-refractivity contribution in [3.05, 3.63) is 124 Å². The highest BCUT2D eigenvalue weighted by Crippen LogP contribution is 2.28. The van der Waals surface area contributed by atoms with E-state index in [4.69, 9.17) is 4.74 Å². The number of pyridine rings is 1. The molecule has 13 nitrogen and oxygen atoms in total. The predicted molar refractivity (Wildman–Crippen MR) is 174 cm³/mol. The lowest BCUT2D eigenvalue weighted by atomic mass is 10.00. The molecule has 1 aliphatic rings. The third kappa shape index (κ3) is 7.57. The van der Waals surface area contributed by atoms with Crippen LogP contribution in [-0.4, -0.2) is 78.8 Å². The normalized spacial score (nSPS) is 15.5. The average molecular weight is 698 g/mol. The Balaban J connectivity index is 1.21. The summed E-state index contributed by atoms with van der Waals surface area (Å²) in [5.74, 6) is -1.49. The third-order valence-corrected chi connectivity index (χ3v) is 8.03. The maximum Gasteiger partial charge on any atom is 0.274 e. The molecule has 238 valence electrons. The molecule has 4 N–H and O–H groups in total. The molecular weight excluding hydrogens is 668 g/mol. The number of tetrazole rings is 1. The fourth-order valence-electron chi connectivity index (χ4n) is 5.24. The number of H-pyrrole nitrogens is 1. The summed E-state index contributed by atoms with van der Waals surface area (Å²) in [4.78, 5) is 46.5. The van der Waals surface area contributed by atoms with Crippen LogP contribution >= 0.6 is 15.9 Å². The molecule has 0 radical (unpaired) electrons. The number of aliphatic hydroxyl groups excluding tert-OH is 1. The summed E-state index contributed by atoms with van der Waals surface area (Å²) >= 11 is 3.40. The van der Waals surface area contributed by atoms with E-state index in [9.17, 15) is 19.5 Å². The molecule has 3 amide bonds. The number of aromatic nitrogens is 5. The number of aliphatic hydroxyl groups is 1. The fraction of sp³-hybridized carbons (Fsp3) is 0.182. The highest BCUT2D eigenvalue weighted by Gasteiger charge is 2.33. The van der Waals surface area contributed by atoms with E-state index in [2.05, 4.69) is 52.2 Å². The number of amides is 3. The van der Waals surface area contributed by atoms with E-state index < -0.39 is 29.9 Å². The second-order valence-corrected chi connectivity index (χ2v) is 11.7. The van der Waals surface area contributed by atoms with E-state index in [-0.39, 0.29) is 30.6 Å². The van der Waals surface area contributed by atoms with E-state index in [1.807, 2.05) is 60.7 Å². The number of hydrogen-bond donors (Lipinski definition) is 4. The first-order valence-electron chi connectivity index (χ1n) is 14.6. The molecular formula is C33H29BrN8O5. The lowest BCUT2D eigenvalue weighted by Crippen LogP contribution is -2.50. The molecule has 6 rings (SSSR count). The van der Waals surface area contributed by atoms with Crippen molar-refractivity contribution in [3.8, 4) is 11.4 Å². The zero-order valence-corrected chi connectivity index (χ0v) is 26.4. The molecule has 3 aromatic carbocycles. The van der Waals surface area contributed by atoms with Crippen molar-refractivity contribution in [2.24, 2.45) is 0 Å². The van der Waals surface area contributed by atoms with Crippen LogP contribution in [0.25, 0.3) is 11.4 Å². The first-order valence-corrected chi connectivity index (χ1v) is 15.4. The van der Waals surface area contributed by atoms with Crippen LogP contribution < -0.4 is 10.6 Å². The molecule has 47 heavy (non-hydrogen) atoms. The minimum Gasteiger partial charge on any atom is -0.381 e. The number of aromatic amines is 1. The molecule has 0 aliphatic carbocycles. The number of benzene rings is 3. The topological polar surface area (TPSA) is 175 Å². The van der Waals surface area contributed by atoms with Gasteiger partial charge >= 0.3 is 0 Å². The summed E-state index contributed by atoms with van der Waals surface area (Å²) in [6.07, 6.45) is -1.53. The highest BCUT2D eigenvalue weighted by molar-refractivity contribution is 9.10. The van der Waals surface area contributed by atoms with Crippen LogP contribution in [0.5, 0.6) is 0 Å². The van der Waals surface area contributed by atoms with Gasteiger partial charge in [-0.2, -0.15) is 5.21 Å². The van der Waals surface area contributed by atoms with Gasteiger partial charge in [0.25, 0.3) is 17.7 Å². The zero-order valence-electron chi connectivity index (χ0n) is 24.8. The van der Waals surface area contributed by atoms with Gasteiger partial charge in [0.1, 0.15) is 18.1 Å². The summed E-state index contributed by atoms with van der Waals surface area (Å²) in [5, 5.41) is 30.5. The lowest BCUT2D eigenvalue weighted by Gasteiger charge is -2.24. The van der Waals surface area contributed by atoms with Gasteiger partial charge in [0.2, 0.25) is 5.82 Å². The number of carbonyl (C=O) groups excluding carboxylic acids is 3. The Hall–Kier alpha value is -5.31. The van der Waals surface area contributed by atoms with Gasteiger partial charge in [-0.3, -0.25) is 14.4 Å². The Morgan fingerprint density at radius 3 is 2.47 bits per heavy atom. The van der Waals surface area contributed by atoms with Crippen LogP contribution in [0.15, 0.2) is 102 Å². The SMILES string of the molecule is O=C(N[C@@H](Cc1ccccc1)[C@H](O)C(=O)Nc1cccc(-c2nn[nH]n2)c1)c1cc(Br)cc(C(=O)N2COC[C@@H]2c2ccccc2)n1. The summed E-state index contributed by atoms with van der Waals surface area (Å²) in [6, 6.07) is 27.0. The largest absolute Gasteiger partial charge is 0.381 e. The molecule has 0 saturated carbocycles. The molecule has 0 bridgehead atoms. The van der Waals surface area contributed by atoms with Gasteiger partial charge in [-0.05, 0) is 47.0 Å². The summed E-state index contributed by atoms with van der Waals surface area (Å²) in [6.45, 7) is 0.409. The summed E-state index contributed by atoms with van der Waals surface area (Å²) < 4.78 is 6.07. The van der Waals surface area contributed by atoms with Crippen molar-refractivity contribution < 1.29 is 24.2 Å². The first-order chi connectivity index (χ1) is 22.9. The van der Waals surface area contributed by atoms with Crippen LogP contribution in [-0.2, 0) is 16.0 Å². The van der Waals surface area contributed by atoms with Crippen LogP contribution in [0.2, 0.25) is 0 Å². The minimum absolute atomic E-state index is 0.0374. The van der Waals surface area contributed by atoms with Gasteiger partial charge in [-0.15, -0.1) is 10.2 Å². The zero-order chi connectivity index (χ0) is 32.8. The van der Waals surface area contributed by atoms with Crippen molar-refractivity contribution in [3.63, 3.8) is 0 Å². The number of rotatable bonds is 10. The number of nitrogens with one attached hydrogen (secondary N) is 3. The second kappa shape index (κ2) is 14.4. The number of halogens is 1.